The SMILES string of the molecule is CC1CCN(S(=O)(=O)N[C@@H]2CCCC[C@H]2N)CC1. The molecule has 1 aliphatic heterocycles. The minimum atomic E-state index is -3.34. The molecular weight excluding hydrogens is 250 g/mol. The van der Waals surface area contributed by atoms with Crippen LogP contribution in [0.4, 0.5) is 0 Å². The fourth-order valence-corrected chi connectivity index (χ4v) is 4.31. The molecule has 2 aliphatic rings. The zero-order chi connectivity index (χ0) is 13.2. The van der Waals surface area contributed by atoms with Gasteiger partial charge in [0, 0.05) is 25.2 Å². The second-order valence-corrected chi connectivity index (χ2v) is 7.46. The Balaban J connectivity index is 1.94. The molecule has 0 amide bonds. The third kappa shape index (κ3) is 3.44. The molecule has 5 nitrogen and oxygen atoms in total. The van der Waals surface area contributed by atoms with Crippen LogP contribution in [0.3, 0.4) is 0 Å². The van der Waals surface area contributed by atoms with Gasteiger partial charge in [-0.05, 0) is 31.6 Å². The number of hydrogen-bond acceptors (Lipinski definition) is 3. The summed E-state index contributed by atoms with van der Waals surface area (Å²) in [5.41, 5.74) is 5.99. The molecule has 2 atom stereocenters. The number of piperidine rings is 1. The largest absolute Gasteiger partial charge is 0.326 e. The highest BCUT2D eigenvalue weighted by atomic mass is 32.2. The van der Waals surface area contributed by atoms with E-state index in [0.717, 1.165) is 38.5 Å². The Morgan fingerprint density at radius 2 is 1.72 bits per heavy atom. The number of nitrogens with zero attached hydrogens (tertiary/aromatic N) is 1. The average Bonchev–Trinajstić information content (AvgIpc) is 2.32. The summed E-state index contributed by atoms with van der Waals surface area (Å²) < 4.78 is 28.9. The summed E-state index contributed by atoms with van der Waals surface area (Å²) in [7, 11) is -3.34. The molecule has 1 aliphatic carbocycles. The van der Waals surface area contributed by atoms with E-state index in [1.54, 1.807) is 4.31 Å². The third-order valence-corrected chi connectivity index (χ3v) is 5.85. The van der Waals surface area contributed by atoms with Gasteiger partial charge in [-0.2, -0.15) is 17.4 Å². The van der Waals surface area contributed by atoms with Crippen molar-refractivity contribution in [3.63, 3.8) is 0 Å². The van der Waals surface area contributed by atoms with E-state index in [4.69, 9.17) is 5.73 Å². The highest BCUT2D eigenvalue weighted by Crippen LogP contribution is 2.21. The Morgan fingerprint density at radius 3 is 2.33 bits per heavy atom. The molecule has 6 heteroatoms. The molecule has 0 bridgehead atoms. The lowest BCUT2D eigenvalue weighted by molar-refractivity contribution is 0.277. The van der Waals surface area contributed by atoms with E-state index in [-0.39, 0.29) is 12.1 Å². The van der Waals surface area contributed by atoms with Crippen molar-refractivity contribution in [2.75, 3.05) is 13.1 Å². The van der Waals surface area contributed by atoms with Crippen molar-refractivity contribution in [2.45, 2.75) is 57.5 Å². The van der Waals surface area contributed by atoms with Crippen molar-refractivity contribution in [2.24, 2.45) is 11.7 Å². The van der Waals surface area contributed by atoms with Gasteiger partial charge < -0.3 is 5.73 Å². The molecule has 1 saturated heterocycles. The Hall–Kier alpha value is -0.170. The van der Waals surface area contributed by atoms with Gasteiger partial charge >= 0.3 is 0 Å². The van der Waals surface area contributed by atoms with E-state index < -0.39 is 10.2 Å². The van der Waals surface area contributed by atoms with Crippen LogP contribution < -0.4 is 10.5 Å². The molecule has 1 heterocycles. The summed E-state index contributed by atoms with van der Waals surface area (Å²) in [6.07, 6.45) is 5.88. The van der Waals surface area contributed by atoms with Crippen molar-refractivity contribution < 1.29 is 8.42 Å². The lowest BCUT2D eigenvalue weighted by Gasteiger charge is -2.34. The van der Waals surface area contributed by atoms with E-state index in [1.165, 1.54) is 0 Å². The van der Waals surface area contributed by atoms with Gasteiger partial charge in [-0.1, -0.05) is 19.8 Å². The molecule has 0 spiro atoms. The maximum absolute atomic E-state index is 12.3. The standard InChI is InChI=1S/C12H25N3O2S/c1-10-6-8-15(9-7-10)18(16,17)14-12-5-3-2-4-11(12)13/h10-12,14H,2-9,13H2,1H3/t11-,12-/m1/s1. The van der Waals surface area contributed by atoms with Gasteiger partial charge in [-0.25, -0.2) is 0 Å². The number of hydrogen-bond donors (Lipinski definition) is 2. The normalized spacial score (nSPS) is 32.6. The van der Waals surface area contributed by atoms with E-state index >= 15 is 0 Å². The van der Waals surface area contributed by atoms with Crippen LogP contribution in [0, 0.1) is 5.92 Å². The van der Waals surface area contributed by atoms with Crippen molar-refractivity contribution in [1.82, 2.24) is 9.03 Å². The van der Waals surface area contributed by atoms with E-state index in [1.807, 2.05) is 0 Å². The van der Waals surface area contributed by atoms with Crippen LogP contribution in [0.2, 0.25) is 0 Å². The second-order valence-electron chi connectivity index (χ2n) is 5.76. The number of nitrogens with one attached hydrogen (secondary N) is 1. The maximum Gasteiger partial charge on any atom is 0.279 e. The van der Waals surface area contributed by atoms with E-state index in [0.29, 0.717) is 19.0 Å². The highest BCUT2D eigenvalue weighted by Gasteiger charge is 2.31. The summed E-state index contributed by atoms with van der Waals surface area (Å²) in [4.78, 5) is 0. The quantitative estimate of drug-likeness (QED) is 0.801. The first kappa shape index (κ1) is 14.2. The fourth-order valence-electron chi connectivity index (χ4n) is 2.80. The fraction of sp³-hybridized carbons (Fsp3) is 1.00. The van der Waals surface area contributed by atoms with Crippen LogP contribution in [0.1, 0.15) is 45.4 Å². The molecule has 0 aromatic heterocycles. The van der Waals surface area contributed by atoms with Crippen LogP contribution in [0.25, 0.3) is 0 Å². The van der Waals surface area contributed by atoms with Crippen LogP contribution >= 0.6 is 0 Å². The molecular formula is C12H25N3O2S. The minimum Gasteiger partial charge on any atom is -0.326 e. The summed E-state index contributed by atoms with van der Waals surface area (Å²) >= 11 is 0. The van der Waals surface area contributed by atoms with Gasteiger partial charge in [0.1, 0.15) is 0 Å². The molecule has 106 valence electrons. The van der Waals surface area contributed by atoms with Gasteiger partial charge in [0.05, 0.1) is 0 Å². The van der Waals surface area contributed by atoms with E-state index in [2.05, 4.69) is 11.6 Å². The zero-order valence-electron chi connectivity index (χ0n) is 11.1. The third-order valence-electron chi connectivity index (χ3n) is 4.20. The first-order valence-corrected chi connectivity index (χ1v) is 8.46. The van der Waals surface area contributed by atoms with Crippen molar-refractivity contribution in [3.05, 3.63) is 0 Å². The highest BCUT2D eigenvalue weighted by molar-refractivity contribution is 7.87. The Labute approximate surface area is 110 Å². The van der Waals surface area contributed by atoms with Crippen LogP contribution in [-0.2, 0) is 10.2 Å². The minimum absolute atomic E-state index is 0.0303. The summed E-state index contributed by atoms with van der Waals surface area (Å²) in [5, 5.41) is 0. The smallest absolute Gasteiger partial charge is 0.279 e. The lowest BCUT2D eigenvalue weighted by Crippen LogP contribution is -2.54. The molecule has 18 heavy (non-hydrogen) atoms. The first-order chi connectivity index (χ1) is 8.49. The summed E-state index contributed by atoms with van der Waals surface area (Å²) in [5.74, 6) is 0.633. The summed E-state index contributed by atoms with van der Waals surface area (Å²) in [6.45, 7) is 3.45. The van der Waals surface area contributed by atoms with Gasteiger partial charge in [-0.3, -0.25) is 0 Å². The second kappa shape index (κ2) is 5.86. The average molecular weight is 275 g/mol. The van der Waals surface area contributed by atoms with Crippen molar-refractivity contribution in [1.29, 1.82) is 0 Å². The van der Waals surface area contributed by atoms with Crippen LogP contribution in [0.5, 0.6) is 0 Å². The number of rotatable bonds is 3. The first-order valence-electron chi connectivity index (χ1n) is 7.02. The molecule has 2 rings (SSSR count). The van der Waals surface area contributed by atoms with Crippen LogP contribution in [-0.4, -0.2) is 37.9 Å². The van der Waals surface area contributed by atoms with Crippen molar-refractivity contribution in [3.8, 4) is 0 Å². The molecule has 2 fully saturated rings. The van der Waals surface area contributed by atoms with Gasteiger partial charge in [0.15, 0.2) is 0 Å². The molecule has 0 aromatic carbocycles. The lowest BCUT2D eigenvalue weighted by atomic mass is 9.92. The molecule has 3 N–H and O–H groups in total. The van der Waals surface area contributed by atoms with Crippen molar-refractivity contribution >= 4 is 10.2 Å². The van der Waals surface area contributed by atoms with E-state index in [9.17, 15) is 8.42 Å². The molecule has 1 saturated carbocycles. The summed E-state index contributed by atoms with van der Waals surface area (Å²) in [6, 6.07) is -0.111. The zero-order valence-corrected chi connectivity index (χ0v) is 12.0. The van der Waals surface area contributed by atoms with Gasteiger partial charge in [0.25, 0.3) is 10.2 Å². The predicted octanol–water partition coefficient (Wildman–Crippen LogP) is 0.823. The maximum atomic E-state index is 12.3. The molecule has 0 aromatic rings. The van der Waals surface area contributed by atoms with Crippen LogP contribution in [0.15, 0.2) is 0 Å². The predicted molar refractivity (Wildman–Crippen MR) is 72.3 cm³/mol. The Kier molecular flexibility index (Phi) is 4.64. The molecule has 0 unspecified atom stereocenters. The number of nitrogens with two attached hydrogens (primary N) is 1. The Bertz CT molecular complexity index is 364. The van der Waals surface area contributed by atoms with Gasteiger partial charge in [0.2, 0.25) is 0 Å². The van der Waals surface area contributed by atoms with Gasteiger partial charge in [-0.15, -0.1) is 0 Å². The molecule has 0 radical (unpaired) electrons. The topological polar surface area (TPSA) is 75.4 Å². The monoisotopic (exact) mass is 275 g/mol. The Morgan fingerprint density at radius 1 is 1.11 bits per heavy atom.